The Morgan fingerprint density at radius 1 is 0.962 bits per heavy atom. The molecule has 1 aliphatic rings. The van der Waals surface area contributed by atoms with Gasteiger partial charge >= 0.3 is 0 Å². The van der Waals surface area contributed by atoms with E-state index in [-0.39, 0.29) is 6.54 Å². The van der Waals surface area contributed by atoms with Crippen molar-refractivity contribution in [2.24, 2.45) is 0 Å². The van der Waals surface area contributed by atoms with Gasteiger partial charge in [-0.05, 0) is 33.5 Å². The average molecular weight is 347 g/mol. The van der Waals surface area contributed by atoms with Crippen LogP contribution in [-0.2, 0) is 17.6 Å². The van der Waals surface area contributed by atoms with E-state index in [2.05, 4.69) is 5.32 Å². The molecule has 4 rings (SSSR count). The Balaban J connectivity index is 1.42. The maximum absolute atomic E-state index is 12.5. The summed E-state index contributed by atoms with van der Waals surface area (Å²) in [6.45, 7) is 0.0653. The summed E-state index contributed by atoms with van der Waals surface area (Å²) >= 11 is 0. The number of aliphatic hydroxyl groups excluding tert-OH is 1. The molecule has 4 nitrogen and oxygen atoms in total. The number of benzene rings is 3. The SMILES string of the molecule is O=C(NCC(O)c1ccc2ccccc2c1)C1(O)Cc2ccccc2C1. The van der Waals surface area contributed by atoms with E-state index in [0.29, 0.717) is 12.8 Å². The summed E-state index contributed by atoms with van der Waals surface area (Å²) in [4.78, 5) is 12.5. The van der Waals surface area contributed by atoms with Crippen LogP contribution in [0.25, 0.3) is 10.8 Å². The number of hydrogen-bond donors (Lipinski definition) is 3. The van der Waals surface area contributed by atoms with Crippen molar-refractivity contribution in [2.75, 3.05) is 6.54 Å². The van der Waals surface area contributed by atoms with Crippen LogP contribution < -0.4 is 5.32 Å². The van der Waals surface area contributed by atoms with Crippen molar-refractivity contribution in [3.8, 4) is 0 Å². The van der Waals surface area contributed by atoms with Crippen LogP contribution in [0.3, 0.4) is 0 Å². The van der Waals surface area contributed by atoms with E-state index in [1.807, 2.05) is 66.7 Å². The van der Waals surface area contributed by atoms with Crippen LogP contribution in [0.15, 0.2) is 66.7 Å². The molecule has 1 amide bonds. The first kappa shape index (κ1) is 16.8. The Morgan fingerprint density at radius 3 is 2.27 bits per heavy atom. The maximum atomic E-state index is 12.5. The normalized spacial score (nSPS) is 16.2. The van der Waals surface area contributed by atoms with Gasteiger partial charge in [-0.2, -0.15) is 0 Å². The monoisotopic (exact) mass is 347 g/mol. The van der Waals surface area contributed by atoms with Crippen molar-refractivity contribution >= 4 is 16.7 Å². The summed E-state index contributed by atoms with van der Waals surface area (Å²) in [6.07, 6.45) is -0.210. The summed E-state index contributed by atoms with van der Waals surface area (Å²) in [5.74, 6) is -0.437. The highest BCUT2D eigenvalue weighted by Gasteiger charge is 2.41. The lowest BCUT2D eigenvalue weighted by Crippen LogP contribution is -2.48. The fourth-order valence-electron chi connectivity index (χ4n) is 3.64. The third-order valence-corrected chi connectivity index (χ3v) is 5.12. The molecule has 4 heteroatoms. The van der Waals surface area contributed by atoms with Gasteiger partial charge in [0, 0.05) is 19.4 Å². The van der Waals surface area contributed by atoms with Crippen molar-refractivity contribution in [1.29, 1.82) is 0 Å². The van der Waals surface area contributed by atoms with Gasteiger partial charge < -0.3 is 15.5 Å². The van der Waals surface area contributed by atoms with Gasteiger partial charge in [0.15, 0.2) is 5.60 Å². The maximum Gasteiger partial charge on any atom is 0.252 e. The predicted octanol–water partition coefficient (Wildman–Crippen LogP) is 2.52. The van der Waals surface area contributed by atoms with Gasteiger partial charge in [0.05, 0.1) is 6.10 Å². The first-order chi connectivity index (χ1) is 12.5. The molecule has 0 bridgehead atoms. The molecule has 1 unspecified atom stereocenters. The number of nitrogens with one attached hydrogen (secondary N) is 1. The Kier molecular flexibility index (Phi) is 4.23. The molecule has 0 fully saturated rings. The molecule has 0 saturated heterocycles. The Labute approximate surface area is 152 Å². The lowest BCUT2D eigenvalue weighted by Gasteiger charge is -2.22. The third-order valence-electron chi connectivity index (χ3n) is 5.12. The van der Waals surface area contributed by atoms with Crippen LogP contribution >= 0.6 is 0 Å². The van der Waals surface area contributed by atoms with Crippen molar-refractivity contribution < 1.29 is 15.0 Å². The lowest BCUT2D eigenvalue weighted by atomic mass is 9.99. The molecule has 3 aromatic carbocycles. The largest absolute Gasteiger partial charge is 0.387 e. The van der Waals surface area contributed by atoms with E-state index in [4.69, 9.17) is 0 Å². The van der Waals surface area contributed by atoms with Crippen molar-refractivity contribution in [3.63, 3.8) is 0 Å². The predicted molar refractivity (Wildman–Crippen MR) is 101 cm³/mol. The zero-order chi connectivity index (χ0) is 18.1. The number of hydrogen-bond acceptors (Lipinski definition) is 3. The van der Waals surface area contributed by atoms with Crippen LogP contribution in [0, 0.1) is 0 Å². The number of fused-ring (bicyclic) bond motifs is 2. The van der Waals surface area contributed by atoms with Gasteiger partial charge in [0.25, 0.3) is 5.91 Å². The average Bonchev–Trinajstić information content (AvgIpc) is 3.02. The molecule has 1 atom stereocenters. The van der Waals surface area contributed by atoms with Gasteiger partial charge in [0.2, 0.25) is 0 Å². The Bertz CT molecular complexity index is 941. The zero-order valence-electron chi connectivity index (χ0n) is 14.4. The van der Waals surface area contributed by atoms with Crippen LogP contribution in [0.2, 0.25) is 0 Å². The number of rotatable bonds is 4. The molecule has 3 N–H and O–H groups in total. The van der Waals surface area contributed by atoms with Crippen LogP contribution in [0.1, 0.15) is 22.8 Å². The lowest BCUT2D eigenvalue weighted by molar-refractivity contribution is -0.139. The molecular weight excluding hydrogens is 326 g/mol. The van der Waals surface area contributed by atoms with E-state index in [0.717, 1.165) is 27.5 Å². The second-order valence-electron chi connectivity index (χ2n) is 6.99. The smallest absolute Gasteiger partial charge is 0.252 e. The molecular formula is C22H21NO3. The fourth-order valence-corrected chi connectivity index (χ4v) is 3.64. The standard InChI is InChI=1S/C22H21NO3/c24-20(17-10-9-15-5-1-2-6-16(15)11-17)14-23-21(25)22(26)12-18-7-3-4-8-19(18)13-22/h1-11,20,24,26H,12-14H2,(H,23,25). The Morgan fingerprint density at radius 2 is 1.58 bits per heavy atom. The van der Waals surface area contributed by atoms with Crippen molar-refractivity contribution in [1.82, 2.24) is 5.32 Å². The minimum atomic E-state index is -1.44. The number of carbonyl (C=O) groups is 1. The highest BCUT2D eigenvalue weighted by atomic mass is 16.3. The first-order valence-corrected chi connectivity index (χ1v) is 8.79. The summed E-state index contributed by atoms with van der Waals surface area (Å²) in [5.41, 5.74) is 1.30. The third kappa shape index (κ3) is 3.09. The molecule has 132 valence electrons. The molecule has 0 heterocycles. The first-order valence-electron chi connectivity index (χ1n) is 8.79. The number of carbonyl (C=O) groups excluding carboxylic acids is 1. The molecule has 0 radical (unpaired) electrons. The van der Waals surface area contributed by atoms with E-state index >= 15 is 0 Å². The highest BCUT2D eigenvalue weighted by molar-refractivity contribution is 5.87. The minimum Gasteiger partial charge on any atom is -0.387 e. The van der Waals surface area contributed by atoms with Gasteiger partial charge in [-0.1, -0.05) is 60.7 Å². The summed E-state index contributed by atoms with van der Waals surface area (Å²) in [7, 11) is 0. The van der Waals surface area contributed by atoms with E-state index in [1.165, 1.54) is 0 Å². The van der Waals surface area contributed by atoms with Crippen molar-refractivity contribution in [3.05, 3.63) is 83.4 Å². The second kappa shape index (κ2) is 6.56. The highest BCUT2D eigenvalue weighted by Crippen LogP contribution is 2.30. The summed E-state index contributed by atoms with van der Waals surface area (Å²) < 4.78 is 0. The van der Waals surface area contributed by atoms with Crippen LogP contribution in [-0.4, -0.2) is 28.3 Å². The summed E-state index contributed by atoms with van der Waals surface area (Å²) in [6, 6.07) is 21.4. The molecule has 26 heavy (non-hydrogen) atoms. The quantitative estimate of drug-likeness (QED) is 0.679. The number of amides is 1. The number of aliphatic hydroxyl groups is 2. The topological polar surface area (TPSA) is 69.6 Å². The van der Waals surface area contributed by atoms with E-state index in [1.54, 1.807) is 0 Å². The van der Waals surface area contributed by atoms with E-state index in [9.17, 15) is 15.0 Å². The molecule has 0 spiro atoms. The van der Waals surface area contributed by atoms with E-state index < -0.39 is 17.6 Å². The molecule has 0 aromatic heterocycles. The van der Waals surface area contributed by atoms with Crippen molar-refractivity contribution in [2.45, 2.75) is 24.5 Å². The minimum absolute atomic E-state index is 0.0653. The fraction of sp³-hybridized carbons (Fsp3) is 0.227. The van der Waals surface area contributed by atoms with Crippen LogP contribution in [0.4, 0.5) is 0 Å². The van der Waals surface area contributed by atoms with Gasteiger partial charge in [-0.3, -0.25) is 4.79 Å². The second-order valence-corrected chi connectivity index (χ2v) is 6.99. The molecule has 1 aliphatic carbocycles. The molecule has 0 saturated carbocycles. The molecule has 0 aliphatic heterocycles. The molecule has 3 aromatic rings. The van der Waals surface area contributed by atoms with Gasteiger partial charge in [-0.15, -0.1) is 0 Å². The summed E-state index contributed by atoms with van der Waals surface area (Å²) in [5, 5.41) is 26.0. The van der Waals surface area contributed by atoms with Gasteiger partial charge in [0.1, 0.15) is 0 Å². The van der Waals surface area contributed by atoms with Gasteiger partial charge in [-0.25, -0.2) is 0 Å². The zero-order valence-corrected chi connectivity index (χ0v) is 14.4. The van der Waals surface area contributed by atoms with Crippen LogP contribution in [0.5, 0.6) is 0 Å². The Hall–Kier alpha value is -2.69.